The van der Waals surface area contributed by atoms with Crippen LogP contribution in [0.15, 0.2) is 30.7 Å². The fourth-order valence-electron chi connectivity index (χ4n) is 1.19. The van der Waals surface area contributed by atoms with Gasteiger partial charge in [-0.2, -0.15) is 0 Å². The number of thiocarbonyl (C=S) groups is 1. The van der Waals surface area contributed by atoms with Crippen LogP contribution in [0.1, 0.15) is 5.69 Å². The molecule has 2 aromatic heterocycles. The van der Waals surface area contributed by atoms with E-state index in [9.17, 15) is 0 Å². The Morgan fingerprint density at radius 1 is 1.40 bits per heavy atom. The molecule has 0 aliphatic rings. The van der Waals surface area contributed by atoms with Crippen LogP contribution in [0.25, 0.3) is 5.95 Å². The van der Waals surface area contributed by atoms with E-state index < -0.39 is 0 Å². The number of hydrogen-bond donors (Lipinski definition) is 1. The molecule has 0 aromatic carbocycles. The highest BCUT2D eigenvalue weighted by atomic mass is 127. The van der Waals surface area contributed by atoms with Crippen molar-refractivity contribution in [2.45, 2.75) is 0 Å². The van der Waals surface area contributed by atoms with Gasteiger partial charge in [0.25, 0.3) is 0 Å². The normalized spacial score (nSPS) is 10.2. The highest BCUT2D eigenvalue weighted by Gasteiger charge is 2.07. The summed E-state index contributed by atoms with van der Waals surface area (Å²) in [4.78, 5) is 8.72. The smallest absolute Gasteiger partial charge is 0.234 e. The number of halogens is 1. The Labute approximate surface area is 106 Å². The summed E-state index contributed by atoms with van der Waals surface area (Å²) in [6.07, 6.45) is 5.31. The van der Waals surface area contributed by atoms with Crippen molar-refractivity contribution in [3.05, 3.63) is 40.0 Å². The quantitative estimate of drug-likeness (QED) is 0.670. The highest BCUT2D eigenvalue weighted by molar-refractivity contribution is 14.1. The lowest BCUT2D eigenvalue weighted by molar-refractivity contribution is 0.923. The van der Waals surface area contributed by atoms with Gasteiger partial charge in [-0.25, -0.2) is 9.97 Å². The molecule has 0 saturated heterocycles. The number of hydrogen-bond acceptors (Lipinski definition) is 3. The van der Waals surface area contributed by atoms with E-state index in [1.165, 1.54) is 0 Å². The van der Waals surface area contributed by atoms with Gasteiger partial charge in [0.05, 0.1) is 5.69 Å². The minimum Gasteiger partial charge on any atom is -0.388 e. The molecule has 6 heteroatoms. The predicted octanol–water partition coefficient (Wildman–Crippen LogP) is 1.51. The molecule has 0 amide bonds. The van der Waals surface area contributed by atoms with Gasteiger partial charge in [0.2, 0.25) is 5.95 Å². The van der Waals surface area contributed by atoms with Crippen molar-refractivity contribution in [2.75, 3.05) is 0 Å². The van der Waals surface area contributed by atoms with Crippen molar-refractivity contribution in [3.63, 3.8) is 0 Å². The minimum absolute atomic E-state index is 0.335. The summed E-state index contributed by atoms with van der Waals surface area (Å²) >= 11 is 7.08. The summed E-state index contributed by atoms with van der Waals surface area (Å²) in [5.41, 5.74) is 6.32. The molecule has 0 fully saturated rings. The summed E-state index contributed by atoms with van der Waals surface area (Å²) in [6, 6.07) is 3.69. The molecule has 76 valence electrons. The SMILES string of the molecule is NC(=S)c1cccn1-c1ncc(I)cn1. The first-order chi connectivity index (χ1) is 7.18. The van der Waals surface area contributed by atoms with Crippen molar-refractivity contribution in [1.29, 1.82) is 0 Å². The predicted molar refractivity (Wildman–Crippen MR) is 70.0 cm³/mol. The molecule has 0 saturated carbocycles. The molecule has 2 aromatic rings. The summed E-state index contributed by atoms with van der Waals surface area (Å²) in [5.74, 6) is 0.572. The van der Waals surface area contributed by atoms with Gasteiger partial charge in [0.1, 0.15) is 4.99 Å². The fourth-order valence-corrected chi connectivity index (χ4v) is 1.63. The monoisotopic (exact) mass is 330 g/mol. The Morgan fingerprint density at radius 3 is 2.67 bits per heavy atom. The van der Waals surface area contributed by atoms with Crippen molar-refractivity contribution >= 4 is 39.8 Å². The number of nitrogens with two attached hydrogens (primary N) is 1. The van der Waals surface area contributed by atoms with E-state index in [0.29, 0.717) is 10.9 Å². The second-order valence-electron chi connectivity index (χ2n) is 2.83. The van der Waals surface area contributed by atoms with Crippen molar-refractivity contribution in [3.8, 4) is 5.95 Å². The first kappa shape index (κ1) is 10.5. The Bertz CT molecular complexity index is 491. The van der Waals surface area contributed by atoms with E-state index in [1.807, 2.05) is 18.3 Å². The molecule has 2 N–H and O–H groups in total. The minimum atomic E-state index is 0.335. The standard InChI is InChI=1S/C9H7IN4S/c10-6-4-12-9(13-5-6)14-3-1-2-7(14)8(11)15/h1-5H,(H2,11,15). The van der Waals surface area contributed by atoms with E-state index in [1.54, 1.807) is 17.0 Å². The lowest BCUT2D eigenvalue weighted by atomic mass is 10.4. The maximum atomic E-state index is 5.58. The van der Waals surface area contributed by atoms with Gasteiger partial charge in [0.15, 0.2) is 0 Å². The largest absolute Gasteiger partial charge is 0.388 e. The molecule has 0 aliphatic carbocycles. The van der Waals surface area contributed by atoms with Crippen LogP contribution in [0.5, 0.6) is 0 Å². The van der Waals surface area contributed by atoms with Gasteiger partial charge in [0, 0.05) is 22.2 Å². The number of nitrogens with zero attached hydrogens (tertiary/aromatic N) is 3. The molecule has 0 spiro atoms. The zero-order valence-corrected chi connectivity index (χ0v) is 10.6. The lowest BCUT2D eigenvalue weighted by Crippen LogP contribution is -2.15. The molecule has 0 aliphatic heterocycles. The zero-order chi connectivity index (χ0) is 10.8. The topological polar surface area (TPSA) is 56.7 Å². The van der Waals surface area contributed by atoms with Crippen molar-refractivity contribution < 1.29 is 0 Å². The van der Waals surface area contributed by atoms with E-state index in [2.05, 4.69) is 32.6 Å². The first-order valence-corrected chi connectivity index (χ1v) is 5.62. The lowest BCUT2D eigenvalue weighted by Gasteiger charge is -2.05. The maximum absolute atomic E-state index is 5.58. The molecule has 0 bridgehead atoms. The molecule has 4 nitrogen and oxygen atoms in total. The third kappa shape index (κ3) is 2.15. The maximum Gasteiger partial charge on any atom is 0.234 e. The second-order valence-corrected chi connectivity index (χ2v) is 4.51. The molecule has 0 radical (unpaired) electrons. The molecule has 2 heterocycles. The Balaban J connectivity index is 2.49. The van der Waals surface area contributed by atoms with E-state index in [4.69, 9.17) is 18.0 Å². The van der Waals surface area contributed by atoms with Gasteiger partial charge < -0.3 is 5.73 Å². The first-order valence-electron chi connectivity index (χ1n) is 4.13. The van der Waals surface area contributed by atoms with Gasteiger partial charge in [-0.15, -0.1) is 0 Å². The van der Waals surface area contributed by atoms with Crippen LogP contribution in [0, 0.1) is 3.57 Å². The van der Waals surface area contributed by atoms with Crippen molar-refractivity contribution in [1.82, 2.24) is 14.5 Å². The zero-order valence-electron chi connectivity index (χ0n) is 7.59. The molecular formula is C9H7IN4S. The Kier molecular flexibility index (Phi) is 2.96. The van der Waals surface area contributed by atoms with Crippen LogP contribution in [0.4, 0.5) is 0 Å². The van der Waals surface area contributed by atoms with E-state index in [-0.39, 0.29) is 0 Å². The summed E-state index contributed by atoms with van der Waals surface area (Å²) < 4.78 is 2.75. The second kappa shape index (κ2) is 4.23. The fraction of sp³-hybridized carbons (Fsp3) is 0. The van der Waals surface area contributed by atoms with Gasteiger partial charge in [-0.05, 0) is 34.7 Å². The van der Waals surface area contributed by atoms with Crippen LogP contribution < -0.4 is 5.73 Å². The molecule has 0 atom stereocenters. The molecule has 2 rings (SSSR count). The third-order valence-electron chi connectivity index (χ3n) is 1.82. The summed E-state index contributed by atoms with van der Waals surface area (Å²) in [7, 11) is 0. The van der Waals surface area contributed by atoms with E-state index in [0.717, 1.165) is 9.26 Å². The van der Waals surface area contributed by atoms with Crippen LogP contribution in [0.2, 0.25) is 0 Å². The van der Waals surface area contributed by atoms with E-state index >= 15 is 0 Å². The molecule has 15 heavy (non-hydrogen) atoms. The van der Waals surface area contributed by atoms with Crippen LogP contribution in [-0.4, -0.2) is 19.5 Å². The average Bonchev–Trinajstić information content (AvgIpc) is 2.67. The highest BCUT2D eigenvalue weighted by Crippen LogP contribution is 2.09. The Morgan fingerprint density at radius 2 is 2.07 bits per heavy atom. The molecular weight excluding hydrogens is 323 g/mol. The number of rotatable bonds is 2. The Hall–Kier alpha value is -1.02. The molecule has 0 unspecified atom stereocenters. The van der Waals surface area contributed by atoms with Crippen LogP contribution in [-0.2, 0) is 0 Å². The third-order valence-corrected chi connectivity index (χ3v) is 2.59. The van der Waals surface area contributed by atoms with Crippen molar-refractivity contribution in [2.24, 2.45) is 5.73 Å². The van der Waals surface area contributed by atoms with Crippen LogP contribution in [0.3, 0.4) is 0 Å². The average molecular weight is 330 g/mol. The summed E-state index contributed by atoms with van der Waals surface area (Å²) in [6.45, 7) is 0. The van der Waals surface area contributed by atoms with Gasteiger partial charge >= 0.3 is 0 Å². The number of aromatic nitrogens is 3. The van der Waals surface area contributed by atoms with Gasteiger partial charge in [-0.3, -0.25) is 4.57 Å². The van der Waals surface area contributed by atoms with Gasteiger partial charge in [-0.1, -0.05) is 12.2 Å². The van der Waals surface area contributed by atoms with Crippen LogP contribution >= 0.6 is 34.8 Å². The summed E-state index contributed by atoms with van der Waals surface area (Å²) in [5, 5.41) is 0.